The molecule has 0 bridgehead atoms. The Labute approximate surface area is 130 Å². The Bertz CT molecular complexity index is 608. The smallest absolute Gasteiger partial charge is 0.193 e. The number of hydrogen-bond donors (Lipinski definition) is 0. The van der Waals surface area contributed by atoms with Crippen molar-refractivity contribution in [2.45, 2.75) is 6.42 Å². The molecule has 4 nitrogen and oxygen atoms in total. The van der Waals surface area contributed by atoms with Gasteiger partial charge in [0.05, 0.1) is 6.61 Å². The van der Waals surface area contributed by atoms with Gasteiger partial charge in [-0.05, 0) is 6.07 Å². The molecule has 0 amide bonds. The Morgan fingerprint density at radius 1 is 0.955 bits per heavy atom. The summed E-state index contributed by atoms with van der Waals surface area (Å²) in [6.45, 7) is 0.658. The molecule has 0 radical (unpaired) electrons. The molecule has 0 spiro atoms. The Morgan fingerprint density at radius 3 is 2.41 bits per heavy atom. The summed E-state index contributed by atoms with van der Waals surface area (Å²) in [5, 5.41) is 0. The van der Waals surface area contributed by atoms with Crippen LogP contribution < -0.4 is 4.74 Å². The highest BCUT2D eigenvalue weighted by Gasteiger charge is 2.17. The molecular weight excluding hydrogens is 280 g/mol. The molecular formula is C18H20O4. The molecule has 22 heavy (non-hydrogen) atoms. The number of rotatable bonds is 8. The maximum atomic E-state index is 12.7. The fourth-order valence-corrected chi connectivity index (χ4v) is 2.24. The lowest BCUT2D eigenvalue weighted by Gasteiger charge is -2.14. The SMILES string of the molecule is COCCc1c(OCOC)cccc1C(=O)c1ccccc1. The molecule has 0 aliphatic rings. The minimum atomic E-state index is -0.0189. The van der Waals surface area contributed by atoms with E-state index in [-0.39, 0.29) is 12.6 Å². The molecule has 2 aromatic rings. The van der Waals surface area contributed by atoms with Crippen molar-refractivity contribution in [1.82, 2.24) is 0 Å². The van der Waals surface area contributed by atoms with Crippen LogP contribution in [-0.2, 0) is 15.9 Å². The van der Waals surface area contributed by atoms with Gasteiger partial charge in [0.15, 0.2) is 12.6 Å². The highest BCUT2D eigenvalue weighted by Crippen LogP contribution is 2.25. The fourth-order valence-electron chi connectivity index (χ4n) is 2.24. The zero-order valence-corrected chi connectivity index (χ0v) is 12.9. The standard InChI is InChI=1S/C18H20O4/c1-20-12-11-15-16(9-6-10-17(15)22-13-21-2)18(19)14-7-4-3-5-8-14/h3-10H,11-13H2,1-2H3. The summed E-state index contributed by atoms with van der Waals surface area (Å²) >= 11 is 0. The van der Waals surface area contributed by atoms with Gasteiger partial charge >= 0.3 is 0 Å². The van der Waals surface area contributed by atoms with Crippen LogP contribution in [0.15, 0.2) is 48.5 Å². The molecule has 2 aromatic carbocycles. The second-order valence-electron chi connectivity index (χ2n) is 4.77. The van der Waals surface area contributed by atoms with Gasteiger partial charge in [0.2, 0.25) is 0 Å². The third-order valence-electron chi connectivity index (χ3n) is 3.30. The number of carbonyl (C=O) groups excluding carboxylic acids is 1. The van der Waals surface area contributed by atoms with Gasteiger partial charge in [0.1, 0.15) is 5.75 Å². The summed E-state index contributed by atoms with van der Waals surface area (Å²) in [5.41, 5.74) is 2.14. The monoisotopic (exact) mass is 300 g/mol. The van der Waals surface area contributed by atoms with Crippen LogP contribution in [0.2, 0.25) is 0 Å². The minimum Gasteiger partial charge on any atom is -0.467 e. The van der Waals surface area contributed by atoms with Crippen LogP contribution in [0.1, 0.15) is 21.5 Å². The van der Waals surface area contributed by atoms with E-state index in [4.69, 9.17) is 14.2 Å². The number of benzene rings is 2. The Kier molecular flexibility index (Phi) is 6.13. The first kappa shape index (κ1) is 16.2. The van der Waals surface area contributed by atoms with Crippen LogP contribution in [0.4, 0.5) is 0 Å². The summed E-state index contributed by atoms with van der Waals surface area (Å²) in [7, 11) is 3.20. The van der Waals surface area contributed by atoms with Gasteiger partial charge in [-0.3, -0.25) is 4.79 Å². The van der Waals surface area contributed by atoms with Gasteiger partial charge in [0, 0.05) is 37.3 Å². The summed E-state index contributed by atoms with van der Waals surface area (Å²) in [6, 6.07) is 14.7. The average Bonchev–Trinajstić information content (AvgIpc) is 2.58. The maximum Gasteiger partial charge on any atom is 0.193 e. The van der Waals surface area contributed by atoms with E-state index >= 15 is 0 Å². The quantitative estimate of drug-likeness (QED) is 0.555. The lowest BCUT2D eigenvalue weighted by Crippen LogP contribution is -2.10. The van der Waals surface area contributed by atoms with Crippen molar-refractivity contribution >= 4 is 5.78 Å². The number of ketones is 1. The molecule has 0 saturated heterocycles. The molecule has 116 valence electrons. The molecule has 0 aliphatic carbocycles. The molecule has 2 rings (SSSR count). The number of methoxy groups -OCH3 is 2. The molecule has 0 heterocycles. The zero-order chi connectivity index (χ0) is 15.8. The first-order valence-electron chi connectivity index (χ1n) is 7.10. The fraction of sp³-hybridized carbons (Fsp3) is 0.278. The second-order valence-corrected chi connectivity index (χ2v) is 4.77. The molecule has 0 unspecified atom stereocenters. The van der Waals surface area contributed by atoms with Gasteiger partial charge in [-0.15, -0.1) is 0 Å². The van der Waals surface area contributed by atoms with Crippen molar-refractivity contribution in [3.8, 4) is 5.75 Å². The first-order valence-corrected chi connectivity index (χ1v) is 7.10. The number of ether oxygens (including phenoxy) is 3. The van der Waals surface area contributed by atoms with Gasteiger partial charge in [0.25, 0.3) is 0 Å². The van der Waals surface area contributed by atoms with Gasteiger partial charge in [-0.1, -0.05) is 42.5 Å². The molecule has 0 saturated carbocycles. The van der Waals surface area contributed by atoms with Crippen molar-refractivity contribution in [2.75, 3.05) is 27.6 Å². The van der Waals surface area contributed by atoms with Crippen LogP contribution >= 0.6 is 0 Å². The van der Waals surface area contributed by atoms with Crippen LogP contribution in [0, 0.1) is 0 Å². The van der Waals surface area contributed by atoms with Gasteiger partial charge in [-0.2, -0.15) is 0 Å². The van der Waals surface area contributed by atoms with Gasteiger partial charge < -0.3 is 14.2 Å². The molecule has 0 aromatic heterocycles. The number of hydrogen-bond acceptors (Lipinski definition) is 4. The molecule has 0 fully saturated rings. The lowest BCUT2D eigenvalue weighted by molar-refractivity contribution is 0.0500. The summed E-state index contributed by atoms with van der Waals surface area (Å²) in [6.07, 6.45) is 0.601. The van der Waals surface area contributed by atoms with Crippen LogP contribution in [0.25, 0.3) is 0 Å². The van der Waals surface area contributed by atoms with Crippen molar-refractivity contribution in [2.24, 2.45) is 0 Å². The minimum absolute atomic E-state index is 0.0189. The van der Waals surface area contributed by atoms with Gasteiger partial charge in [-0.25, -0.2) is 0 Å². The van der Waals surface area contributed by atoms with Crippen molar-refractivity contribution in [1.29, 1.82) is 0 Å². The van der Waals surface area contributed by atoms with E-state index < -0.39 is 0 Å². The van der Waals surface area contributed by atoms with E-state index in [1.807, 2.05) is 48.5 Å². The van der Waals surface area contributed by atoms with Crippen molar-refractivity contribution < 1.29 is 19.0 Å². The van der Waals surface area contributed by atoms with E-state index in [9.17, 15) is 4.79 Å². The molecule has 0 aliphatic heterocycles. The molecule has 4 heteroatoms. The zero-order valence-electron chi connectivity index (χ0n) is 12.9. The third kappa shape index (κ3) is 3.93. The van der Waals surface area contributed by atoms with E-state index in [1.54, 1.807) is 14.2 Å². The first-order chi connectivity index (χ1) is 10.8. The van der Waals surface area contributed by atoms with Crippen molar-refractivity contribution in [3.05, 3.63) is 65.2 Å². The van der Waals surface area contributed by atoms with Crippen LogP contribution in [-0.4, -0.2) is 33.4 Å². The third-order valence-corrected chi connectivity index (χ3v) is 3.30. The predicted molar refractivity (Wildman–Crippen MR) is 84.4 cm³/mol. The Hall–Kier alpha value is -2.17. The van der Waals surface area contributed by atoms with E-state index in [1.165, 1.54) is 0 Å². The summed E-state index contributed by atoms with van der Waals surface area (Å²) < 4.78 is 15.7. The average molecular weight is 300 g/mol. The van der Waals surface area contributed by atoms with E-state index in [0.717, 1.165) is 5.56 Å². The normalized spacial score (nSPS) is 10.5. The molecule has 0 N–H and O–H groups in total. The molecule has 0 atom stereocenters. The highest BCUT2D eigenvalue weighted by atomic mass is 16.7. The predicted octanol–water partition coefficient (Wildman–Crippen LogP) is 3.09. The Balaban J connectivity index is 2.38. The van der Waals surface area contributed by atoms with Crippen LogP contribution in [0.3, 0.4) is 0 Å². The largest absolute Gasteiger partial charge is 0.467 e. The van der Waals surface area contributed by atoms with E-state index in [2.05, 4.69) is 0 Å². The lowest BCUT2D eigenvalue weighted by atomic mass is 9.96. The summed E-state index contributed by atoms with van der Waals surface area (Å²) in [4.78, 5) is 12.7. The van der Waals surface area contributed by atoms with Crippen molar-refractivity contribution in [3.63, 3.8) is 0 Å². The Morgan fingerprint density at radius 2 is 1.73 bits per heavy atom. The topological polar surface area (TPSA) is 44.8 Å². The summed E-state index contributed by atoms with van der Waals surface area (Å²) in [5.74, 6) is 0.634. The van der Waals surface area contributed by atoms with Crippen LogP contribution in [0.5, 0.6) is 5.75 Å². The van der Waals surface area contributed by atoms with E-state index in [0.29, 0.717) is 29.9 Å². The highest BCUT2D eigenvalue weighted by molar-refractivity contribution is 6.10. The maximum absolute atomic E-state index is 12.7. The number of carbonyl (C=O) groups is 1. The second kappa shape index (κ2) is 8.32.